The number of piperidine rings is 1. The molecule has 2 amide bonds. The van der Waals surface area contributed by atoms with Crippen molar-refractivity contribution in [3.8, 4) is 11.1 Å². The molecule has 2 N–H and O–H groups in total. The van der Waals surface area contributed by atoms with Gasteiger partial charge in [-0.25, -0.2) is 4.79 Å². The second kappa shape index (κ2) is 7.29. The third kappa shape index (κ3) is 3.71. The van der Waals surface area contributed by atoms with Crippen LogP contribution in [0.1, 0.15) is 19.3 Å². The van der Waals surface area contributed by atoms with Gasteiger partial charge in [0.1, 0.15) is 0 Å². The van der Waals surface area contributed by atoms with Gasteiger partial charge in [-0.1, -0.05) is 42.5 Å². The summed E-state index contributed by atoms with van der Waals surface area (Å²) in [4.78, 5) is 14.2. The normalized spacial score (nSPS) is 17.8. The number of hydrogen-bond acceptors (Lipinski definition) is 2. The predicted octanol–water partition coefficient (Wildman–Crippen LogP) is 3.73. The fourth-order valence-corrected chi connectivity index (χ4v) is 3.06. The molecule has 0 bridgehead atoms. The number of urea groups is 1. The first-order valence-corrected chi connectivity index (χ1v) is 8.12. The summed E-state index contributed by atoms with van der Waals surface area (Å²) in [5.74, 6) is 0. The van der Waals surface area contributed by atoms with Gasteiger partial charge in [-0.05, 0) is 42.5 Å². The molecule has 120 valence electrons. The van der Waals surface area contributed by atoms with E-state index in [2.05, 4.69) is 5.32 Å². The van der Waals surface area contributed by atoms with Crippen LogP contribution >= 0.6 is 0 Å². The van der Waals surface area contributed by atoms with Gasteiger partial charge in [0.25, 0.3) is 0 Å². The number of carbonyl (C=O) groups excluding carboxylic acids is 1. The lowest BCUT2D eigenvalue weighted by Gasteiger charge is -2.34. The molecular formula is C19H22N2O2. The van der Waals surface area contributed by atoms with E-state index in [1.54, 1.807) is 4.90 Å². The van der Waals surface area contributed by atoms with Crippen LogP contribution in [-0.4, -0.2) is 35.2 Å². The zero-order chi connectivity index (χ0) is 16.1. The summed E-state index contributed by atoms with van der Waals surface area (Å²) in [6.45, 7) is 0.729. The molecule has 1 atom stereocenters. The third-order valence-electron chi connectivity index (χ3n) is 4.32. The first-order valence-electron chi connectivity index (χ1n) is 8.12. The Balaban J connectivity index is 1.74. The maximum absolute atomic E-state index is 12.5. The van der Waals surface area contributed by atoms with Gasteiger partial charge in [-0.3, -0.25) is 0 Å². The van der Waals surface area contributed by atoms with Crippen molar-refractivity contribution in [2.45, 2.75) is 25.3 Å². The molecule has 2 aromatic carbocycles. The number of aliphatic hydroxyl groups excluding tert-OH is 1. The molecule has 3 rings (SSSR count). The number of nitrogens with zero attached hydrogens (tertiary/aromatic N) is 1. The van der Waals surface area contributed by atoms with Gasteiger partial charge in [0, 0.05) is 12.2 Å². The van der Waals surface area contributed by atoms with Gasteiger partial charge < -0.3 is 15.3 Å². The van der Waals surface area contributed by atoms with Crippen LogP contribution < -0.4 is 5.32 Å². The van der Waals surface area contributed by atoms with Crippen molar-refractivity contribution in [1.82, 2.24) is 4.90 Å². The molecule has 0 aromatic heterocycles. The molecule has 1 aliphatic rings. The number of nitrogens with one attached hydrogen (secondary N) is 1. The van der Waals surface area contributed by atoms with Crippen LogP contribution in [0.4, 0.5) is 10.5 Å². The molecule has 23 heavy (non-hydrogen) atoms. The minimum atomic E-state index is -0.131. The maximum atomic E-state index is 12.5. The lowest BCUT2D eigenvalue weighted by Crippen LogP contribution is -2.47. The first kappa shape index (κ1) is 15.6. The third-order valence-corrected chi connectivity index (χ3v) is 4.32. The van der Waals surface area contributed by atoms with Crippen LogP contribution in [0.25, 0.3) is 11.1 Å². The minimum Gasteiger partial charge on any atom is -0.394 e. The second-order valence-electron chi connectivity index (χ2n) is 5.90. The number of likely N-dealkylation sites (tertiary alicyclic amines) is 1. The fourth-order valence-electron chi connectivity index (χ4n) is 3.06. The summed E-state index contributed by atoms with van der Waals surface area (Å²) in [5, 5.41) is 12.4. The number of amides is 2. The van der Waals surface area contributed by atoms with Crippen molar-refractivity contribution in [2.75, 3.05) is 18.5 Å². The largest absolute Gasteiger partial charge is 0.394 e. The van der Waals surface area contributed by atoms with E-state index in [1.165, 1.54) is 0 Å². The molecule has 1 fully saturated rings. The number of hydrogen-bond donors (Lipinski definition) is 2. The Labute approximate surface area is 136 Å². The summed E-state index contributed by atoms with van der Waals surface area (Å²) < 4.78 is 0. The van der Waals surface area contributed by atoms with E-state index >= 15 is 0 Å². The zero-order valence-electron chi connectivity index (χ0n) is 13.1. The number of anilines is 1. The Morgan fingerprint density at radius 3 is 2.65 bits per heavy atom. The molecule has 1 saturated heterocycles. The highest BCUT2D eigenvalue weighted by Gasteiger charge is 2.26. The van der Waals surface area contributed by atoms with E-state index in [9.17, 15) is 9.90 Å². The van der Waals surface area contributed by atoms with Crippen molar-refractivity contribution in [2.24, 2.45) is 0 Å². The minimum absolute atomic E-state index is 0.0253. The Kier molecular flexibility index (Phi) is 4.93. The van der Waals surface area contributed by atoms with Crippen molar-refractivity contribution < 1.29 is 9.90 Å². The molecule has 4 heteroatoms. The number of benzene rings is 2. The van der Waals surface area contributed by atoms with Crippen LogP contribution in [-0.2, 0) is 0 Å². The van der Waals surface area contributed by atoms with Gasteiger partial charge in [0.2, 0.25) is 0 Å². The summed E-state index contributed by atoms with van der Waals surface area (Å²) in [5.41, 5.74) is 2.97. The first-order chi connectivity index (χ1) is 11.3. The van der Waals surface area contributed by atoms with Crippen LogP contribution in [0, 0.1) is 0 Å². The monoisotopic (exact) mass is 310 g/mol. The zero-order valence-corrected chi connectivity index (χ0v) is 13.1. The van der Waals surface area contributed by atoms with Gasteiger partial charge >= 0.3 is 6.03 Å². The van der Waals surface area contributed by atoms with E-state index < -0.39 is 0 Å². The molecule has 1 heterocycles. The van der Waals surface area contributed by atoms with Crippen LogP contribution in [0.5, 0.6) is 0 Å². The van der Waals surface area contributed by atoms with E-state index in [0.717, 1.165) is 36.1 Å². The molecule has 0 spiro atoms. The standard InChI is InChI=1S/C19H22N2O2/c22-14-18-11-4-5-12-21(18)19(23)20-17-10-6-9-16(13-17)15-7-2-1-3-8-15/h1-3,6-10,13,18,22H,4-5,11-12,14H2,(H,20,23). The Morgan fingerprint density at radius 1 is 1.09 bits per heavy atom. The average Bonchev–Trinajstić information content (AvgIpc) is 2.62. The van der Waals surface area contributed by atoms with Crippen molar-refractivity contribution >= 4 is 11.7 Å². The Hall–Kier alpha value is -2.33. The highest BCUT2D eigenvalue weighted by molar-refractivity contribution is 5.90. The second-order valence-corrected chi connectivity index (χ2v) is 5.90. The van der Waals surface area contributed by atoms with Crippen LogP contribution in [0.15, 0.2) is 54.6 Å². The molecule has 0 saturated carbocycles. The predicted molar refractivity (Wildman–Crippen MR) is 92.3 cm³/mol. The van der Waals surface area contributed by atoms with Crippen molar-refractivity contribution in [3.63, 3.8) is 0 Å². The lowest BCUT2D eigenvalue weighted by molar-refractivity contribution is 0.115. The molecule has 1 aliphatic heterocycles. The SMILES string of the molecule is O=C(Nc1cccc(-c2ccccc2)c1)N1CCCCC1CO. The molecular weight excluding hydrogens is 288 g/mol. The quantitative estimate of drug-likeness (QED) is 0.907. The average molecular weight is 310 g/mol. The van der Waals surface area contributed by atoms with E-state index in [-0.39, 0.29) is 18.7 Å². The smallest absolute Gasteiger partial charge is 0.322 e. The van der Waals surface area contributed by atoms with Crippen LogP contribution in [0.3, 0.4) is 0 Å². The van der Waals surface area contributed by atoms with Gasteiger partial charge in [0.05, 0.1) is 12.6 Å². The van der Waals surface area contributed by atoms with E-state index in [0.29, 0.717) is 6.54 Å². The number of carbonyl (C=O) groups is 1. The molecule has 0 aliphatic carbocycles. The van der Waals surface area contributed by atoms with E-state index in [1.807, 2.05) is 54.6 Å². The number of aliphatic hydroxyl groups is 1. The van der Waals surface area contributed by atoms with Crippen LogP contribution in [0.2, 0.25) is 0 Å². The fraction of sp³-hybridized carbons (Fsp3) is 0.316. The topological polar surface area (TPSA) is 52.6 Å². The molecule has 4 nitrogen and oxygen atoms in total. The van der Waals surface area contributed by atoms with Gasteiger partial charge in [-0.2, -0.15) is 0 Å². The summed E-state index contributed by atoms with van der Waals surface area (Å²) in [7, 11) is 0. The van der Waals surface area contributed by atoms with Crippen molar-refractivity contribution in [1.29, 1.82) is 0 Å². The maximum Gasteiger partial charge on any atom is 0.322 e. The summed E-state index contributed by atoms with van der Waals surface area (Å²) >= 11 is 0. The number of rotatable bonds is 3. The van der Waals surface area contributed by atoms with Gasteiger partial charge in [-0.15, -0.1) is 0 Å². The van der Waals surface area contributed by atoms with Crippen molar-refractivity contribution in [3.05, 3.63) is 54.6 Å². The molecule has 2 aromatic rings. The van der Waals surface area contributed by atoms with E-state index in [4.69, 9.17) is 0 Å². The summed E-state index contributed by atoms with van der Waals surface area (Å²) in [6, 6.07) is 17.7. The Bertz CT molecular complexity index is 657. The highest BCUT2D eigenvalue weighted by Crippen LogP contribution is 2.23. The highest BCUT2D eigenvalue weighted by atomic mass is 16.3. The van der Waals surface area contributed by atoms with Gasteiger partial charge in [0.15, 0.2) is 0 Å². The lowest BCUT2D eigenvalue weighted by atomic mass is 10.0. The molecule has 0 radical (unpaired) electrons. The molecule has 1 unspecified atom stereocenters. The summed E-state index contributed by atoms with van der Waals surface area (Å²) in [6.07, 6.45) is 2.93. The Morgan fingerprint density at radius 2 is 1.87 bits per heavy atom.